The van der Waals surface area contributed by atoms with Gasteiger partial charge in [0.25, 0.3) is 5.91 Å². The van der Waals surface area contributed by atoms with Gasteiger partial charge in [-0.2, -0.15) is 0 Å². The molecule has 1 aromatic rings. The molecule has 106 valence electrons. The fourth-order valence-corrected chi connectivity index (χ4v) is 3.53. The lowest BCUT2D eigenvalue weighted by atomic mass is 9.74. The smallest absolute Gasteiger partial charge is 0.290 e. The minimum absolute atomic E-state index is 0.0454. The largest absolute Gasteiger partial charge is 0.328 e. The Labute approximate surface area is 118 Å². The summed E-state index contributed by atoms with van der Waals surface area (Å²) in [4.78, 5) is 25.9. The number of carbonyl (C=O) groups is 2. The van der Waals surface area contributed by atoms with Crippen molar-refractivity contribution in [3.8, 4) is 0 Å². The highest BCUT2D eigenvalue weighted by Crippen LogP contribution is 2.34. The lowest BCUT2D eigenvalue weighted by molar-refractivity contribution is -0.154. The molecule has 2 N–H and O–H groups in total. The van der Waals surface area contributed by atoms with Gasteiger partial charge >= 0.3 is 0 Å². The number of hydrogen-bond donors (Lipinski definition) is 1. The van der Waals surface area contributed by atoms with Crippen LogP contribution in [-0.2, 0) is 16.1 Å². The molecule has 1 heterocycles. The first-order chi connectivity index (χ1) is 9.66. The van der Waals surface area contributed by atoms with Crippen LogP contribution in [0.25, 0.3) is 0 Å². The number of amides is 1. The Balaban J connectivity index is 1.85. The standard InChI is InChI=1S/C16H20N2O2/c17-13-7-4-8-14-12(13)9-15(19)16(20)18(14)10-11-5-2-1-3-6-11/h1-3,5-6,12-14H,4,7-10,17H2/t12-,13+,14-/m0/s1. The number of Topliss-reactive ketones (excluding diaryl/α,β-unsaturated/α-hetero) is 1. The van der Waals surface area contributed by atoms with Crippen LogP contribution in [0.5, 0.6) is 0 Å². The average Bonchev–Trinajstić information content (AvgIpc) is 2.46. The predicted molar refractivity (Wildman–Crippen MR) is 75.7 cm³/mol. The number of piperidine rings is 1. The van der Waals surface area contributed by atoms with E-state index in [2.05, 4.69) is 0 Å². The number of carbonyl (C=O) groups excluding carboxylic acids is 2. The third-order valence-corrected chi connectivity index (χ3v) is 4.60. The molecule has 0 unspecified atom stereocenters. The summed E-state index contributed by atoms with van der Waals surface area (Å²) in [7, 11) is 0. The lowest BCUT2D eigenvalue weighted by Gasteiger charge is -2.45. The van der Waals surface area contributed by atoms with Crippen molar-refractivity contribution in [2.45, 2.75) is 44.3 Å². The van der Waals surface area contributed by atoms with Gasteiger partial charge in [0, 0.05) is 31.0 Å². The first kappa shape index (κ1) is 13.3. The summed E-state index contributed by atoms with van der Waals surface area (Å²) in [5.41, 5.74) is 7.23. The lowest BCUT2D eigenvalue weighted by Crippen LogP contribution is -2.58. The molecule has 1 aliphatic carbocycles. The zero-order valence-corrected chi connectivity index (χ0v) is 11.5. The maximum atomic E-state index is 12.2. The third kappa shape index (κ3) is 2.36. The van der Waals surface area contributed by atoms with Crippen LogP contribution in [0.2, 0.25) is 0 Å². The normalized spacial score (nSPS) is 30.2. The molecule has 3 rings (SSSR count). The zero-order chi connectivity index (χ0) is 14.1. The van der Waals surface area contributed by atoms with Crippen molar-refractivity contribution in [1.29, 1.82) is 0 Å². The van der Waals surface area contributed by atoms with Crippen molar-refractivity contribution in [3.63, 3.8) is 0 Å². The molecular formula is C16H20N2O2. The molecule has 2 aliphatic rings. The number of nitrogens with two attached hydrogens (primary N) is 1. The maximum Gasteiger partial charge on any atom is 0.290 e. The third-order valence-electron chi connectivity index (χ3n) is 4.60. The second-order valence-corrected chi connectivity index (χ2v) is 5.87. The van der Waals surface area contributed by atoms with Gasteiger partial charge in [0.2, 0.25) is 5.78 Å². The molecular weight excluding hydrogens is 252 g/mol. The Morgan fingerprint density at radius 2 is 1.90 bits per heavy atom. The molecule has 20 heavy (non-hydrogen) atoms. The number of benzene rings is 1. The Kier molecular flexibility index (Phi) is 3.57. The quantitative estimate of drug-likeness (QED) is 0.830. The van der Waals surface area contributed by atoms with E-state index in [1.165, 1.54) is 0 Å². The number of rotatable bonds is 2. The molecule has 1 aromatic carbocycles. The molecule has 4 heteroatoms. The summed E-state index contributed by atoms with van der Waals surface area (Å²) in [6, 6.07) is 10.0. The van der Waals surface area contributed by atoms with E-state index in [1.54, 1.807) is 4.90 Å². The van der Waals surface area contributed by atoms with E-state index in [9.17, 15) is 9.59 Å². The van der Waals surface area contributed by atoms with Crippen LogP contribution in [0.3, 0.4) is 0 Å². The number of fused-ring (bicyclic) bond motifs is 1. The van der Waals surface area contributed by atoms with Gasteiger partial charge in [0.15, 0.2) is 0 Å². The molecule has 3 atom stereocenters. The Bertz CT molecular complexity index is 514. The highest BCUT2D eigenvalue weighted by molar-refractivity contribution is 6.36. The Morgan fingerprint density at radius 1 is 1.15 bits per heavy atom. The minimum Gasteiger partial charge on any atom is -0.328 e. The highest BCUT2D eigenvalue weighted by atomic mass is 16.2. The first-order valence-corrected chi connectivity index (χ1v) is 7.30. The molecule has 1 amide bonds. The van der Waals surface area contributed by atoms with E-state index < -0.39 is 0 Å². The Hall–Kier alpha value is -1.68. The summed E-state index contributed by atoms with van der Waals surface area (Å²) >= 11 is 0. The van der Waals surface area contributed by atoms with Crippen LogP contribution in [0, 0.1) is 5.92 Å². The topological polar surface area (TPSA) is 63.4 Å². The number of likely N-dealkylation sites (tertiary alicyclic amines) is 1. The van der Waals surface area contributed by atoms with E-state index in [4.69, 9.17) is 5.73 Å². The first-order valence-electron chi connectivity index (χ1n) is 7.30. The number of ketones is 1. The van der Waals surface area contributed by atoms with Crippen molar-refractivity contribution in [3.05, 3.63) is 35.9 Å². The second kappa shape index (κ2) is 5.37. The van der Waals surface area contributed by atoms with Gasteiger partial charge in [-0.05, 0) is 24.8 Å². The van der Waals surface area contributed by atoms with E-state index >= 15 is 0 Å². The van der Waals surface area contributed by atoms with E-state index in [-0.39, 0.29) is 29.7 Å². The molecule has 1 aliphatic heterocycles. The molecule has 4 nitrogen and oxygen atoms in total. The van der Waals surface area contributed by atoms with Crippen LogP contribution in [-0.4, -0.2) is 28.7 Å². The van der Waals surface area contributed by atoms with Crippen molar-refractivity contribution in [2.75, 3.05) is 0 Å². The van der Waals surface area contributed by atoms with Gasteiger partial charge in [-0.15, -0.1) is 0 Å². The van der Waals surface area contributed by atoms with Crippen LogP contribution in [0.15, 0.2) is 30.3 Å². The SMILES string of the molecule is N[C@@H]1CCC[C@H]2[C@H]1CC(=O)C(=O)N2Cc1ccccc1. The summed E-state index contributed by atoms with van der Waals surface area (Å²) in [6.45, 7) is 0.513. The van der Waals surface area contributed by atoms with Crippen molar-refractivity contribution >= 4 is 11.7 Å². The zero-order valence-electron chi connectivity index (χ0n) is 11.5. The molecule has 0 aromatic heterocycles. The molecule has 0 radical (unpaired) electrons. The highest BCUT2D eigenvalue weighted by Gasteiger charge is 2.44. The predicted octanol–water partition coefficient (Wildman–Crippen LogP) is 1.48. The number of nitrogens with zero attached hydrogens (tertiary/aromatic N) is 1. The van der Waals surface area contributed by atoms with Crippen LogP contribution < -0.4 is 5.73 Å². The molecule has 2 fully saturated rings. The molecule has 0 spiro atoms. The molecule has 1 saturated heterocycles. The summed E-state index contributed by atoms with van der Waals surface area (Å²) in [6.07, 6.45) is 3.29. The fraction of sp³-hybridized carbons (Fsp3) is 0.500. The second-order valence-electron chi connectivity index (χ2n) is 5.87. The Morgan fingerprint density at radius 3 is 2.65 bits per heavy atom. The van der Waals surface area contributed by atoms with Crippen LogP contribution in [0.1, 0.15) is 31.2 Å². The van der Waals surface area contributed by atoms with Gasteiger partial charge < -0.3 is 10.6 Å². The van der Waals surface area contributed by atoms with Gasteiger partial charge in [-0.3, -0.25) is 9.59 Å². The number of hydrogen-bond acceptors (Lipinski definition) is 3. The van der Waals surface area contributed by atoms with Crippen molar-refractivity contribution < 1.29 is 9.59 Å². The van der Waals surface area contributed by atoms with Gasteiger partial charge in [0.1, 0.15) is 0 Å². The van der Waals surface area contributed by atoms with E-state index in [0.29, 0.717) is 13.0 Å². The van der Waals surface area contributed by atoms with Gasteiger partial charge in [-0.1, -0.05) is 30.3 Å². The summed E-state index contributed by atoms with van der Waals surface area (Å²) < 4.78 is 0. The van der Waals surface area contributed by atoms with E-state index in [1.807, 2.05) is 30.3 Å². The minimum atomic E-state index is -0.329. The van der Waals surface area contributed by atoms with Gasteiger partial charge in [-0.25, -0.2) is 0 Å². The van der Waals surface area contributed by atoms with Crippen LogP contribution in [0.4, 0.5) is 0 Å². The van der Waals surface area contributed by atoms with Gasteiger partial charge in [0.05, 0.1) is 0 Å². The molecule has 1 saturated carbocycles. The summed E-state index contributed by atoms with van der Waals surface area (Å²) in [5.74, 6) is -0.471. The molecule has 0 bridgehead atoms. The van der Waals surface area contributed by atoms with Crippen molar-refractivity contribution in [1.82, 2.24) is 4.90 Å². The van der Waals surface area contributed by atoms with Crippen molar-refractivity contribution in [2.24, 2.45) is 11.7 Å². The fourth-order valence-electron chi connectivity index (χ4n) is 3.53. The average molecular weight is 272 g/mol. The summed E-state index contributed by atoms with van der Waals surface area (Å²) in [5, 5.41) is 0. The monoisotopic (exact) mass is 272 g/mol. The van der Waals surface area contributed by atoms with E-state index in [0.717, 1.165) is 24.8 Å². The maximum absolute atomic E-state index is 12.2. The van der Waals surface area contributed by atoms with Crippen LogP contribution >= 0.6 is 0 Å².